The minimum Gasteiger partial charge on any atom is -0.515 e. The Kier molecular flexibility index (Phi) is 5.83. The summed E-state index contributed by atoms with van der Waals surface area (Å²) in [5, 5.41) is 8.93. The molecule has 1 N–H and O–H groups in total. The fourth-order valence-electron chi connectivity index (χ4n) is 3.89. The molecule has 2 aromatic carbocycles. The van der Waals surface area contributed by atoms with Gasteiger partial charge < -0.3 is 5.11 Å². The van der Waals surface area contributed by atoms with Crippen molar-refractivity contribution in [3.05, 3.63) is 80.6 Å². The number of rotatable bonds is 0. The maximum Gasteiger partial charge on any atom is 0.192 e. The summed E-state index contributed by atoms with van der Waals surface area (Å²) < 4.78 is 0. The number of aliphatic hydroxyl groups is 1. The van der Waals surface area contributed by atoms with E-state index in [9.17, 15) is 9.59 Å². The first-order valence-corrected chi connectivity index (χ1v) is 9.93. The first-order chi connectivity index (χ1) is 13.3. The molecule has 0 aromatic heterocycles. The van der Waals surface area contributed by atoms with Gasteiger partial charge in [0.2, 0.25) is 0 Å². The molecule has 2 aliphatic rings. The molecule has 2 aliphatic carbocycles. The maximum absolute atomic E-state index is 11.9. The number of benzene rings is 2. The van der Waals surface area contributed by atoms with Crippen LogP contribution >= 0.6 is 0 Å². The number of Topliss-reactive ketones (excluding diaryl/α,β-unsaturated/α-hetero) is 2. The lowest BCUT2D eigenvalue weighted by Crippen LogP contribution is -2.14. The molecule has 28 heavy (non-hydrogen) atoms. The average molecular weight is 376 g/mol. The van der Waals surface area contributed by atoms with Gasteiger partial charge in [0.1, 0.15) is 0 Å². The predicted octanol–water partition coefficient (Wildman–Crippen LogP) is 5.70. The van der Waals surface area contributed by atoms with Crippen LogP contribution in [-0.4, -0.2) is 16.7 Å². The number of hydrogen-bond donors (Lipinski definition) is 1. The minimum absolute atomic E-state index is 0.0261. The van der Waals surface area contributed by atoms with Crippen LogP contribution in [0, 0.1) is 27.7 Å². The Morgan fingerprint density at radius 1 is 0.714 bits per heavy atom. The number of fused-ring (bicyclic) bond motifs is 2. The third-order valence-corrected chi connectivity index (χ3v) is 5.95. The van der Waals surface area contributed by atoms with Crippen molar-refractivity contribution in [1.82, 2.24) is 0 Å². The van der Waals surface area contributed by atoms with Gasteiger partial charge in [-0.1, -0.05) is 12.1 Å². The van der Waals surface area contributed by atoms with Gasteiger partial charge in [-0.15, -0.1) is 0 Å². The normalized spacial score (nSPS) is 16.9. The van der Waals surface area contributed by atoms with Crippen molar-refractivity contribution < 1.29 is 14.7 Å². The van der Waals surface area contributed by atoms with E-state index in [0.29, 0.717) is 17.8 Å². The Labute approximate surface area is 167 Å². The summed E-state index contributed by atoms with van der Waals surface area (Å²) in [6.45, 7) is 8.23. The van der Waals surface area contributed by atoms with Crippen LogP contribution in [0.4, 0.5) is 0 Å². The highest BCUT2D eigenvalue weighted by atomic mass is 16.2. The monoisotopic (exact) mass is 376 g/mol. The lowest BCUT2D eigenvalue weighted by atomic mass is 9.85. The molecule has 0 heterocycles. The van der Waals surface area contributed by atoms with Gasteiger partial charge in [0, 0.05) is 23.1 Å². The molecule has 0 radical (unpaired) electrons. The van der Waals surface area contributed by atoms with Crippen LogP contribution in [0.25, 0.3) is 0 Å². The van der Waals surface area contributed by atoms with Gasteiger partial charge in [-0.2, -0.15) is 0 Å². The lowest BCUT2D eigenvalue weighted by Gasteiger charge is -2.18. The highest BCUT2D eigenvalue weighted by Gasteiger charge is 2.22. The Bertz CT molecular complexity index is 980. The highest BCUT2D eigenvalue weighted by Crippen LogP contribution is 2.27. The minimum atomic E-state index is -0.0261. The quantitative estimate of drug-likeness (QED) is 0.474. The summed E-state index contributed by atoms with van der Waals surface area (Å²) in [6, 6.07) is 8.22. The molecule has 0 amide bonds. The molecule has 2 aromatic rings. The molecule has 146 valence electrons. The van der Waals surface area contributed by atoms with Crippen molar-refractivity contribution in [3.63, 3.8) is 0 Å². The molecule has 3 nitrogen and oxygen atoms in total. The summed E-state index contributed by atoms with van der Waals surface area (Å²) in [6.07, 6.45) is 5.26. The van der Waals surface area contributed by atoms with Crippen molar-refractivity contribution in [2.45, 2.75) is 59.8 Å². The Balaban J connectivity index is 0.000000162. The highest BCUT2D eigenvalue weighted by molar-refractivity contribution is 6.10. The number of allylic oxidation sites excluding steroid dienone is 1. The van der Waals surface area contributed by atoms with Crippen LogP contribution < -0.4 is 0 Å². The Morgan fingerprint density at radius 2 is 1.25 bits per heavy atom. The number of aliphatic hydroxyl groups excluding tert-OH is 1. The molecular formula is C25H28O3. The number of ketones is 2. The molecule has 0 bridgehead atoms. The Hall–Kier alpha value is -2.68. The molecule has 0 aliphatic heterocycles. The second-order valence-corrected chi connectivity index (χ2v) is 7.95. The summed E-state index contributed by atoms with van der Waals surface area (Å²) in [5.74, 6) is 0.297. The maximum atomic E-state index is 11.9. The number of aryl methyl sites for hydroxylation is 6. The topological polar surface area (TPSA) is 54.4 Å². The van der Waals surface area contributed by atoms with E-state index >= 15 is 0 Å². The van der Waals surface area contributed by atoms with Crippen LogP contribution in [0.2, 0.25) is 0 Å². The fraction of sp³-hybridized carbons (Fsp3) is 0.360. The van der Waals surface area contributed by atoms with Crippen LogP contribution in [0.3, 0.4) is 0 Å². The third-order valence-electron chi connectivity index (χ3n) is 5.95. The standard InChI is InChI=1S/C13H14O2.C12H14O/c1-8-5-10-3-4-11(7-14)13(15)12(10)6-9(8)2;1-8-6-10-4-3-5-12(13)11(10)7-9(8)2/h5-7,14H,3-4H2,1-2H3;6-7H,3-5H2,1-2H3. The molecule has 0 saturated heterocycles. The van der Waals surface area contributed by atoms with E-state index in [-0.39, 0.29) is 5.78 Å². The van der Waals surface area contributed by atoms with Crippen LogP contribution in [0.1, 0.15) is 73.4 Å². The average Bonchev–Trinajstić information content (AvgIpc) is 2.66. The zero-order valence-electron chi connectivity index (χ0n) is 17.2. The van der Waals surface area contributed by atoms with E-state index in [1.807, 2.05) is 19.1 Å². The fourth-order valence-corrected chi connectivity index (χ4v) is 3.89. The van der Waals surface area contributed by atoms with E-state index in [4.69, 9.17) is 5.11 Å². The third kappa shape index (κ3) is 3.94. The van der Waals surface area contributed by atoms with Crippen molar-refractivity contribution in [1.29, 1.82) is 0 Å². The van der Waals surface area contributed by atoms with E-state index < -0.39 is 0 Å². The van der Waals surface area contributed by atoms with Gasteiger partial charge in [-0.3, -0.25) is 9.59 Å². The lowest BCUT2D eigenvalue weighted by molar-refractivity contribution is 0.0971. The predicted molar refractivity (Wildman–Crippen MR) is 112 cm³/mol. The smallest absolute Gasteiger partial charge is 0.192 e. The summed E-state index contributed by atoms with van der Waals surface area (Å²) in [5.41, 5.74) is 9.47. The molecule has 0 unspecified atom stereocenters. The van der Waals surface area contributed by atoms with Crippen molar-refractivity contribution in [2.24, 2.45) is 0 Å². The van der Waals surface area contributed by atoms with Gasteiger partial charge in [0.05, 0.1) is 6.26 Å². The SMILES string of the molecule is Cc1cc2c(cc1C)C(=O)C(=CO)CC2.Cc1cc2c(cc1C)C(=O)CCC2. The van der Waals surface area contributed by atoms with Gasteiger partial charge in [-0.25, -0.2) is 0 Å². The van der Waals surface area contributed by atoms with Crippen molar-refractivity contribution >= 4 is 11.6 Å². The van der Waals surface area contributed by atoms with E-state index in [1.165, 1.54) is 22.3 Å². The largest absolute Gasteiger partial charge is 0.515 e. The first-order valence-electron chi connectivity index (χ1n) is 9.93. The molecule has 0 saturated carbocycles. The molecule has 0 spiro atoms. The van der Waals surface area contributed by atoms with Gasteiger partial charge in [0.25, 0.3) is 0 Å². The summed E-state index contributed by atoms with van der Waals surface area (Å²) in [4.78, 5) is 23.4. The Morgan fingerprint density at radius 3 is 1.86 bits per heavy atom. The molecular weight excluding hydrogens is 348 g/mol. The van der Waals surface area contributed by atoms with E-state index in [0.717, 1.165) is 54.2 Å². The van der Waals surface area contributed by atoms with Gasteiger partial charge >= 0.3 is 0 Å². The zero-order valence-corrected chi connectivity index (χ0v) is 17.2. The number of hydrogen-bond acceptors (Lipinski definition) is 3. The summed E-state index contributed by atoms with van der Waals surface area (Å²) in [7, 11) is 0. The molecule has 0 atom stereocenters. The first kappa shape index (κ1) is 20.1. The van der Waals surface area contributed by atoms with Crippen molar-refractivity contribution in [2.75, 3.05) is 0 Å². The van der Waals surface area contributed by atoms with Gasteiger partial charge in [0.15, 0.2) is 11.6 Å². The second kappa shape index (κ2) is 8.14. The van der Waals surface area contributed by atoms with Crippen LogP contribution in [-0.2, 0) is 12.8 Å². The number of carbonyl (C=O) groups excluding carboxylic acids is 2. The van der Waals surface area contributed by atoms with E-state index in [2.05, 4.69) is 32.9 Å². The van der Waals surface area contributed by atoms with E-state index in [1.54, 1.807) is 0 Å². The molecule has 3 heteroatoms. The van der Waals surface area contributed by atoms with Gasteiger partial charge in [-0.05, 0) is 98.9 Å². The molecule has 0 fully saturated rings. The zero-order chi connectivity index (χ0) is 20.4. The second-order valence-electron chi connectivity index (χ2n) is 7.95. The molecule has 4 rings (SSSR count). The number of carbonyl (C=O) groups is 2. The van der Waals surface area contributed by atoms with Crippen LogP contribution in [0.5, 0.6) is 0 Å². The van der Waals surface area contributed by atoms with Crippen LogP contribution in [0.15, 0.2) is 36.1 Å². The van der Waals surface area contributed by atoms with Crippen molar-refractivity contribution in [3.8, 4) is 0 Å². The summed E-state index contributed by atoms with van der Waals surface area (Å²) >= 11 is 0.